The molecule has 7 heteroatoms. The van der Waals surface area contributed by atoms with E-state index in [1.54, 1.807) is 6.20 Å². The van der Waals surface area contributed by atoms with Gasteiger partial charge in [-0.1, -0.05) is 23.7 Å². The van der Waals surface area contributed by atoms with E-state index in [1.807, 2.05) is 18.2 Å². The predicted molar refractivity (Wildman–Crippen MR) is 121 cm³/mol. The fourth-order valence-electron chi connectivity index (χ4n) is 4.08. The number of rotatable bonds is 7. The van der Waals surface area contributed by atoms with E-state index in [0.717, 1.165) is 68.9 Å². The molecule has 1 aromatic carbocycles. The third kappa shape index (κ3) is 5.72. The predicted octanol–water partition coefficient (Wildman–Crippen LogP) is 4.18. The lowest BCUT2D eigenvalue weighted by molar-refractivity contribution is -0.117. The Morgan fingerprint density at radius 2 is 2.07 bits per heavy atom. The van der Waals surface area contributed by atoms with Gasteiger partial charge in [0, 0.05) is 43.6 Å². The highest BCUT2D eigenvalue weighted by molar-refractivity contribution is 6.33. The molecule has 2 fully saturated rings. The fraction of sp³-hybridized carbons (Fsp3) is 0.478. The topological polar surface area (TPSA) is 75.3 Å². The first-order valence-electron chi connectivity index (χ1n) is 10.8. The van der Waals surface area contributed by atoms with Crippen LogP contribution in [0.5, 0.6) is 0 Å². The first-order chi connectivity index (χ1) is 14.7. The van der Waals surface area contributed by atoms with Crippen LogP contribution >= 0.6 is 11.6 Å². The Morgan fingerprint density at radius 1 is 1.20 bits per heavy atom. The Morgan fingerprint density at radius 3 is 2.87 bits per heavy atom. The number of carbonyl (C=O) groups is 1. The molecule has 1 amide bonds. The number of anilines is 2. The molecular weight excluding hydrogens is 400 g/mol. The molecule has 1 unspecified atom stereocenters. The molecule has 6 nitrogen and oxygen atoms in total. The van der Waals surface area contributed by atoms with Crippen LogP contribution in [0.2, 0.25) is 5.02 Å². The Balaban J connectivity index is 1.42. The number of amides is 1. The zero-order valence-corrected chi connectivity index (χ0v) is 17.9. The number of benzene rings is 1. The van der Waals surface area contributed by atoms with Gasteiger partial charge in [-0.25, -0.2) is 4.98 Å². The van der Waals surface area contributed by atoms with Crippen molar-refractivity contribution in [3.63, 3.8) is 0 Å². The molecule has 1 atom stereocenters. The molecular formula is C23H29ClN4O2. The molecule has 0 aliphatic carbocycles. The number of pyridine rings is 1. The van der Waals surface area contributed by atoms with Crippen molar-refractivity contribution in [3.8, 4) is 11.1 Å². The van der Waals surface area contributed by atoms with Gasteiger partial charge in [0.1, 0.15) is 5.82 Å². The minimum Gasteiger partial charge on any atom is -0.385 e. The first-order valence-corrected chi connectivity index (χ1v) is 11.1. The van der Waals surface area contributed by atoms with E-state index in [2.05, 4.69) is 33.1 Å². The molecule has 4 rings (SSSR count). The minimum absolute atomic E-state index is 0.00338. The van der Waals surface area contributed by atoms with E-state index in [-0.39, 0.29) is 5.91 Å². The van der Waals surface area contributed by atoms with Crippen LogP contribution in [0, 0.1) is 11.8 Å². The molecule has 3 N–H and O–H groups in total. The van der Waals surface area contributed by atoms with E-state index >= 15 is 0 Å². The summed E-state index contributed by atoms with van der Waals surface area (Å²) in [6, 6.07) is 10.1. The van der Waals surface area contributed by atoms with Crippen LogP contribution in [-0.4, -0.2) is 43.7 Å². The Hall–Kier alpha value is -2.15. The van der Waals surface area contributed by atoms with Crippen LogP contribution in [0.4, 0.5) is 11.5 Å². The molecule has 2 aliphatic rings. The van der Waals surface area contributed by atoms with Gasteiger partial charge in [0.15, 0.2) is 0 Å². The highest BCUT2D eigenvalue weighted by Gasteiger charge is 2.19. The Bertz CT molecular complexity index is 864. The van der Waals surface area contributed by atoms with Gasteiger partial charge in [0.25, 0.3) is 0 Å². The lowest BCUT2D eigenvalue weighted by Crippen LogP contribution is -2.22. The van der Waals surface area contributed by atoms with E-state index in [4.69, 9.17) is 16.3 Å². The summed E-state index contributed by atoms with van der Waals surface area (Å²) in [6.45, 7) is 4.53. The minimum atomic E-state index is -0.00338. The number of ether oxygens (including phenoxy) is 1. The number of aromatic nitrogens is 1. The molecule has 3 heterocycles. The Labute approximate surface area is 182 Å². The Kier molecular flexibility index (Phi) is 7.20. The van der Waals surface area contributed by atoms with Crippen LogP contribution < -0.4 is 16.0 Å². The van der Waals surface area contributed by atoms with Crippen molar-refractivity contribution in [1.29, 1.82) is 0 Å². The maximum Gasteiger partial charge on any atom is 0.225 e. The average molecular weight is 429 g/mol. The third-order valence-corrected chi connectivity index (χ3v) is 6.17. The molecule has 2 saturated heterocycles. The summed E-state index contributed by atoms with van der Waals surface area (Å²) in [4.78, 5) is 16.7. The van der Waals surface area contributed by atoms with Gasteiger partial charge in [0.05, 0.1) is 5.02 Å². The maximum atomic E-state index is 12.4. The summed E-state index contributed by atoms with van der Waals surface area (Å²) in [5.41, 5.74) is 2.92. The fourth-order valence-corrected chi connectivity index (χ4v) is 4.29. The molecule has 2 aromatic rings. The van der Waals surface area contributed by atoms with Gasteiger partial charge in [-0.3, -0.25) is 4.79 Å². The van der Waals surface area contributed by atoms with Crippen molar-refractivity contribution in [2.45, 2.75) is 25.7 Å². The molecule has 1 aromatic heterocycles. The van der Waals surface area contributed by atoms with Crippen LogP contribution in [0.15, 0.2) is 36.5 Å². The van der Waals surface area contributed by atoms with Crippen LogP contribution in [0.25, 0.3) is 11.1 Å². The van der Waals surface area contributed by atoms with Crippen molar-refractivity contribution in [1.82, 2.24) is 10.3 Å². The van der Waals surface area contributed by atoms with Gasteiger partial charge < -0.3 is 20.7 Å². The average Bonchev–Trinajstić information content (AvgIpc) is 3.27. The number of hydrogen-bond acceptors (Lipinski definition) is 5. The van der Waals surface area contributed by atoms with E-state index in [9.17, 15) is 4.79 Å². The molecule has 0 saturated carbocycles. The summed E-state index contributed by atoms with van der Waals surface area (Å²) in [7, 11) is 0. The monoisotopic (exact) mass is 428 g/mol. The number of carbonyl (C=O) groups excluding carboxylic acids is 1. The largest absolute Gasteiger partial charge is 0.385 e. The molecule has 30 heavy (non-hydrogen) atoms. The van der Waals surface area contributed by atoms with Crippen molar-refractivity contribution in [2.75, 3.05) is 43.5 Å². The molecule has 160 valence electrons. The highest BCUT2D eigenvalue weighted by Crippen LogP contribution is 2.31. The van der Waals surface area contributed by atoms with Crippen molar-refractivity contribution in [2.24, 2.45) is 11.8 Å². The lowest BCUT2D eigenvalue weighted by atomic mass is 10.00. The quantitative estimate of drug-likeness (QED) is 0.616. The molecule has 0 radical (unpaired) electrons. The number of halogens is 1. The van der Waals surface area contributed by atoms with Gasteiger partial charge in [0.2, 0.25) is 5.91 Å². The second kappa shape index (κ2) is 10.2. The molecule has 2 aliphatic heterocycles. The van der Waals surface area contributed by atoms with E-state index in [0.29, 0.717) is 29.1 Å². The summed E-state index contributed by atoms with van der Waals surface area (Å²) in [6.07, 6.45) is 5.36. The summed E-state index contributed by atoms with van der Waals surface area (Å²) in [5, 5.41) is 10.3. The van der Waals surface area contributed by atoms with Gasteiger partial charge >= 0.3 is 0 Å². The highest BCUT2D eigenvalue weighted by atomic mass is 35.5. The summed E-state index contributed by atoms with van der Waals surface area (Å²) >= 11 is 6.44. The van der Waals surface area contributed by atoms with Crippen LogP contribution in [0.1, 0.15) is 25.7 Å². The van der Waals surface area contributed by atoms with E-state index < -0.39 is 0 Å². The van der Waals surface area contributed by atoms with Crippen LogP contribution in [-0.2, 0) is 9.53 Å². The lowest BCUT2D eigenvalue weighted by Gasteiger charge is -2.22. The second-order valence-electron chi connectivity index (χ2n) is 8.18. The second-order valence-corrected chi connectivity index (χ2v) is 8.59. The third-order valence-electron chi connectivity index (χ3n) is 5.87. The van der Waals surface area contributed by atoms with Gasteiger partial charge in [-0.15, -0.1) is 0 Å². The van der Waals surface area contributed by atoms with Gasteiger partial charge in [-0.05, 0) is 68.0 Å². The molecule has 0 spiro atoms. The maximum absolute atomic E-state index is 12.4. The molecule has 0 bridgehead atoms. The van der Waals surface area contributed by atoms with Gasteiger partial charge in [-0.2, -0.15) is 0 Å². The SMILES string of the molecule is O=C(CC1CCNC1)Nc1cc(-c2cccc(NCC3CCOCC3)c2)c(Cl)cn1. The first kappa shape index (κ1) is 21.1. The normalized spacial score (nSPS) is 19.6. The number of hydrogen-bond donors (Lipinski definition) is 3. The zero-order chi connectivity index (χ0) is 20.8. The van der Waals surface area contributed by atoms with Crippen molar-refractivity contribution < 1.29 is 9.53 Å². The number of nitrogens with zero attached hydrogens (tertiary/aromatic N) is 1. The van der Waals surface area contributed by atoms with Crippen molar-refractivity contribution in [3.05, 3.63) is 41.6 Å². The summed E-state index contributed by atoms with van der Waals surface area (Å²) < 4.78 is 5.44. The summed E-state index contributed by atoms with van der Waals surface area (Å²) in [5.74, 6) is 1.57. The van der Waals surface area contributed by atoms with E-state index in [1.165, 1.54) is 0 Å². The standard InChI is InChI=1S/C23H29ClN4O2/c24-21-15-27-22(28-23(29)10-17-4-7-25-13-17)12-20(21)18-2-1-3-19(11-18)26-14-16-5-8-30-9-6-16/h1-3,11-12,15-17,25-26H,4-10,13-14H2,(H,27,28,29). The smallest absolute Gasteiger partial charge is 0.225 e. The zero-order valence-electron chi connectivity index (χ0n) is 17.1. The van der Waals surface area contributed by atoms with Crippen LogP contribution in [0.3, 0.4) is 0 Å². The number of nitrogens with one attached hydrogen (secondary N) is 3. The van der Waals surface area contributed by atoms with Crippen molar-refractivity contribution >= 4 is 29.0 Å².